The van der Waals surface area contributed by atoms with Crippen LogP contribution in [0.2, 0.25) is 0 Å². The molecule has 0 saturated carbocycles. The molecule has 0 fully saturated rings. The van der Waals surface area contributed by atoms with Crippen LogP contribution in [0.3, 0.4) is 0 Å². The monoisotopic (exact) mass is 175 g/mol. The van der Waals surface area contributed by atoms with E-state index in [1.54, 1.807) is 6.92 Å². The predicted molar refractivity (Wildman–Crippen MR) is 45.5 cm³/mol. The van der Waals surface area contributed by atoms with Crippen LogP contribution in [0, 0.1) is 5.92 Å². The molecule has 0 spiro atoms. The number of carbonyl (C=O) groups excluding carboxylic acids is 1. The summed E-state index contributed by atoms with van der Waals surface area (Å²) in [4.78, 5) is 11.0. The highest BCUT2D eigenvalue weighted by Crippen LogP contribution is 2.05. The summed E-state index contributed by atoms with van der Waals surface area (Å²) in [6.45, 7) is 5.32. The van der Waals surface area contributed by atoms with E-state index in [2.05, 4.69) is 0 Å². The van der Waals surface area contributed by atoms with Crippen molar-refractivity contribution in [3.05, 3.63) is 0 Å². The minimum absolute atomic E-state index is 0.157. The first-order chi connectivity index (χ1) is 5.49. The third-order valence-corrected chi connectivity index (χ3v) is 1.74. The number of hydrogen-bond donors (Lipinski definition) is 2. The maximum atomic E-state index is 11.0. The van der Waals surface area contributed by atoms with Crippen LogP contribution >= 0.6 is 0 Å². The van der Waals surface area contributed by atoms with E-state index in [1.807, 2.05) is 13.8 Å². The minimum atomic E-state index is -0.911. The number of aliphatic hydroxyl groups is 1. The van der Waals surface area contributed by atoms with Gasteiger partial charge in [0.05, 0.1) is 6.61 Å². The Morgan fingerprint density at radius 3 is 2.33 bits per heavy atom. The van der Waals surface area contributed by atoms with Crippen LogP contribution in [0.25, 0.3) is 0 Å². The lowest BCUT2D eigenvalue weighted by Gasteiger charge is -2.18. The van der Waals surface area contributed by atoms with Crippen molar-refractivity contribution in [3.8, 4) is 0 Å². The van der Waals surface area contributed by atoms with Gasteiger partial charge >= 0.3 is 5.97 Å². The Kier molecular flexibility index (Phi) is 4.85. The van der Waals surface area contributed by atoms with Crippen molar-refractivity contribution >= 4 is 5.97 Å². The number of nitrogens with two attached hydrogens (primary N) is 1. The van der Waals surface area contributed by atoms with Gasteiger partial charge in [0.2, 0.25) is 0 Å². The average molecular weight is 175 g/mol. The summed E-state index contributed by atoms with van der Waals surface area (Å²) in [5.41, 5.74) is 5.24. The second-order valence-corrected chi connectivity index (χ2v) is 3.18. The van der Waals surface area contributed by atoms with Gasteiger partial charge in [-0.1, -0.05) is 13.8 Å². The Labute approximate surface area is 72.7 Å². The number of aliphatic hydroxyl groups excluding tert-OH is 1. The molecule has 0 rings (SSSR count). The quantitative estimate of drug-likeness (QED) is 0.585. The molecule has 0 aromatic rings. The maximum absolute atomic E-state index is 11.0. The lowest BCUT2D eigenvalue weighted by atomic mass is 10.1. The molecule has 0 aromatic heterocycles. The van der Waals surface area contributed by atoms with Crippen molar-refractivity contribution in [1.82, 2.24) is 0 Å². The van der Waals surface area contributed by atoms with Gasteiger partial charge < -0.3 is 15.6 Å². The first-order valence-corrected chi connectivity index (χ1v) is 4.06. The molecule has 4 heteroatoms. The van der Waals surface area contributed by atoms with Crippen molar-refractivity contribution in [1.29, 1.82) is 0 Å². The highest BCUT2D eigenvalue weighted by atomic mass is 16.5. The summed E-state index contributed by atoms with van der Waals surface area (Å²) in [6, 6.07) is -0.911. The van der Waals surface area contributed by atoms with E-state index in [4.69, 9.17) is 15.6 Å². The van der Waals surface area contributed by atoms with E-state index >= 15 is 0 Å². The molecule has 0 aliphatic carbocycles. The average Bonchev–Trinajstić information content (AvgIpc) is 2.02. The van der Waals surface area contributed by atoms with Crippen molar-refractivity contribution in [2.24, 2.45) is 11.7 Å². The number of ether oxygens (including phenoxy) is 1. The van der Waals surface area contributed by atoms with Crippen LogP contribution in [-0.4, -0.2) is 29.8 Å². The summed E-state index contributed by atoms with van der Waals surface area (Å²) in [5.74, 6) is -0.279. The Balaban J connectivity index is 3.84. The van der Waals surface area contributed by atoms with Crippen LogP contribution in [0.5, 0.6) is 0 Å². The Bertz CT molecular complexity index is 147. The van der Waals surface area contributed by atoms with Crippen LogP contribution in [-0.2, 0) is 9.53 Å². The molecule has 4 nitrogen and oxygen atoms in total. The minimum Gasteiger partial charge on any atom is -0.461 e. The molecule has 72 valence electrons. The van der Waals surface area contributed by atoms with Crippen LogP contribution in [0.1, 0.15) is 20.8 Å². The topological polar surface area (TPSA) is 72.5 Å². The molecular weight excluding hydrogens is 158 g/mol. The summed E-state index contributed by atoms with van der Waals surface area (Å²) < 4.78 is 4.94. The standard InChI is InChI=1S/C8H17NO3/c1-5(2)6(3)12-8(11)7(9)4-10/h5-7,10H,4,9H2,1-3H3/t6-,7+/m1/s1. The molecule has 2 atom stereocenters. The van der Waals surface area contributed by atoms with Crippen LogP contribution < -0.4 is 5.73 Å². The lowest BCUT2D eigenvalue weighted by Crippen LogP contribution is -2.38. The van der Waals surface area contributed by atoms with Crippen LogP contribution in [0.15, 0.2) is 0 Å². The number of esters is 1. The third kappa shape index (κ3) is 3.69. The van der Waals surface area contributed by atoms with Crippen molar-refractivity contribution in [2.75, 3.05) is 6.61 Å². The van der Waals surface area contributed by atoms with Gasteiger partial charge in [-0.3, -0.25) is 4.79 Å². The summed E-state index contributed by atoms with van der Waals surface area (Å²) in [6.07, 6.45) is -0.157. The number of carbonyl (C=O) groups is 1. The first-order valence-electron chi connectivity index (χ1n) is 4.06. The zero-order valence-electron chi connectivity index (χ0n) is 7.78. The molecule has 0 unspecified atom stereocenters. The number of rotatable bonds is 4. The van der Waals surface area contributed by atoms with Gasteiger partial charge in [-0.2, -0.15) is 0 Å². The van der Waals surface area contributed by atoms with Crippen LogP contribution in [0.4, 0.5) is 0 Å². The number of hydrogen-bond acceptors (Lipinski definition) is 4. The fourth-order valence-corrected chi connectivity index (χ4v) is 0.481. The molecule has 0 heterocycles. The molecule has 0 radical (unpaired) electrons. The van der Waals surface area contributed by atoms with Crippen molar-refractivity contribution in [2.45, 2.75) is 32.9 Å². The van der Waals surface area contributed by atoms with Gasteiger partial charge in [-0.15, -0.1) is 0 Å². The molecule has 0 aromatic carbocycles. The molecule has 0 saturated heterocycles. The fourth-order valence-electron chi connectivity index (χ4n) is 0.481. The molecule has 3 N–H and O–H groups in total. The van der Waals surface area contributed by atoms with E-state index < -0.39 is 12.0 Å². The van der Waals surface area contributed by atoms with E-state index in [-0.39, 0.29) is 18.6 Å². The Morgan fingerprint density at radius 1 is 1.50 bits per heavy atom. The van der Waals surface area contributed by atoms with E-state index in [0.29, 0.717) is 0 Å². The Morgan fingerprint density at radius 2 is 2.00 bits per heavy atom. The summed E-state index contributed by atoms with van der Waals surface area (Å²) >= 11 is 0. The largest absolute Gasteiger partial charge is 0.461 e. The van der Waals surface area contributed by atoms with E-state index in [9.17, 15) is 4.79 Å². The SMILES string of the molecule is CC(C)[C@@H](C)OC(=O)[C@@H](N)CO. The smallest absolute Gasteiger partial charge is 0.325 e. The van der Waals surface area contributed by atoms with Gasteiger partial charge in [0.15, 0.2) is 0 Å². The summed E-state index contributed by atoms with van der Waals surface area (Å²) in [5, 5.41) is 8.53. The molecular formula is C8H17NO3. The highest BCUT2D eigenvalue weighted by molar-refractivity contribution is 5.75. The van der Waals surface area contributed by atoms with Gasteiger partial charge in [-0.05, 0) is 12.8 Å². The lowest BCUT2D eigenvalue weighted by molar-refractivity contribution is -0.152. The van der Waals surface area contributed by atoms with Gasteiger partial charge in [0.1, 0.15) is 12.1 Å². The summed E-state index contributed by atoms with van der Waals surface area (Å²) in [7, 11) is 0. The maximum Gasteiger partial charge on any atom is 0.325 e. The zero-order valence-corrected chi connectivity index (χ0v) is 7.78. The first kappa shape index (κ1) is 11.4. The molecule has 0 amide bonds. The molecule has 0 aliphatic rings. The van der Waals surface area contributed by atoms with Gasteiger partial charge in [0, 0.05) is 0 Å². The third-order valence-electron chi connectivity index (χ3n) is 1.74. The zero-order chi connectivity index (χ0) is 9.72. The molecule has 0 aliphatic heterocycles. The van der Waals surface area contributed by atoms with Crippen molar-refractivity contribution < 1.29 is 14.6 Å². The van der Waals surface area contributed by atoms with E-state index in [1.165, 1.54) is 0 Å². The second kappa shape index (κ2) is 5.11. The van der Waals surface area contributed by atoms with Gasteiger partial charge in [-0.25, -0.2) is 0 Å². The normalized spacial score (nSPS) is 15.8. The molecule has 12 heavy (non-hydrogen) atoms. The van der Waals surface area contributed by atoms with Crippen molar-refractivity contribution in [3.63, 3.8) is 0 Å². The fraction of sp³-hybridized carbons (Fsp3) is 0.875. The molecule has 0 bridgehead atoms. The predicted octanol–water partition coefficient (Wildman–Crippen LogP) is -0.106. The highest BCUT2D eigenvalue weighted by Gasteiger charge is 2.18. The van der Waals surface area contributed by atoms with Gasteiger partial charge in [0.25, 0.3) is 0 Å². The second-order valence-electron chi connectivity index (χ2n) is 3.18. The van der Waals surface area contributed by atoms with E-state index in [0.717, 1.165) is 0 Å². The Hall–Kier alpha value is -0.610.